The fourth-order valence-electron chi connectivity index (χ4n) is 4.01. The van der Waals surface area contributed by atoms with Gasteiger partial charge in [0.2, 0.25) is 5.79 Å². The van der Waals surface area contributed by atoms with E-state index >= 15 is 0 Å². The van der Waals surface area contributed by atoms with Crippen LogP contribution in [-0.2, 0) is 4.74 Å². The second-order valence-electron chi connectivity index (χ2n) is 7.97. The quantitative estimate of drug-likeness (QED) is 0.468. The standard InChI is InChI=1S/C30H24O2/c31-30-23-21-27(18-16-24-10-4-1-5-11-24)28(19-17-25-12-6-2-7-13-25)29(30,32-30)22-20-26-14-8-3-9-15-26/h1-23,31H. The topological polar surface area (TPSA) is 32.8 Å². The van der Waals surface area contributed by atoms with Crippen LogP contribution in [0.2, 0.25) is 0 Å². The Morgan fingerprint density at radius 2 is 1.09 bits per heavy atom. The van der Waals surface area contributed by atoms with E-state index in [1.807, 2.05) is 85.0 Å². The molecule has 2 unspecified atom stereocenters. The molecule has 0 saturated carbocycles. The Bertz CT molecular complexity index is 1230. The summed E-state index contributed by atoms with van der Waals surface area (Å²) in [7, 11) is 0. The summed E-state index contributed by atoms with van der Waals surface area (Å²) in [6, 6.07) is 30.4. The summed E-state index contributed by atoms with van der Waals surface area (Å²) >= 11 is 0. The Morgan fingerprint density at radius 3 is 1.66 bits per heavy atom. The number of benzene rings is 3. The number of hydrogen-bond acceptors (Lipinski definition) is 2. The molecule has 1 fully saturated rings. The number of rotatable bonds is 6. The molecule has 0 amide bonds. The van der Waals surface area contributed by atoms with E-state index in [0.717, 1.165) is 27.8 Å². The van der Waals surface area contributed by atoms with Gasteiger partial charge in [-0.25, -0.2) is 0 Å². The molecule has 32 heavy (non-hydrogen) atoms. The molecule has 1 N–H and O–H groups in total. The van der Waals surface area contributed by atoms with Gasteiger partial charge in [-0.3, -0.25) is 0 Å². The maximum Gasteiger partial charge on any atom is 0.225 e. The van der Waals surface area contributed by atoms with Crippen LogP contribution in [0, 0.1) is 0 Å². The molecule has 2 atom stereocenters. The number of epoxide rings is 1. The third kappa shape index (κ3) is 3.94. The van der Waals surface area contributed by atoms with Gasteiger partial charge in [-0.1, -0.05) is 127 Å². The van der Waals surface area contributed by atoms with Gasteiger partial charge < -0.3 is 9.84 Å². The first kappa shape index (κ1) is 20.2. The predicted octanol–water partition coefficient (Wildman–Crippen LogP) is 6.45. The fraction of sp³-hybridized carbons (Fsp3) is 0.0667. The molecular weight excluding hydrogens is 392 g/mol. The molecule has 0 aromatic heterocycles. The lowest BCUT2D eigenvalue weighted by molar-refractivity contribution is 0.0825. The van der Waals surface area contributed by atoms with Gasteiger partial charge in [0.25, 0.3) is 0 Å². The highest BCUT2D eigenvalue weighted by Gasteiger charge is 2.70. The lowest BCUT2D eigenvalue weighted by atomic mass is 9.83. The van der Waals surface area contributed by atoms with Crippen LogP contribution in [0.4, 0.5) is 0 Å². The number of aliphatic hydroxyl groups is 1. The van der Waals surface area contributed by atoms with Crippen LogP contribution in [0.5, 0.6) is 0 Å². The highest BCUT2D eigenvalue weighted by Crippen LogP contribution is 2.57. The summed E-state index contributed by atoms with van der Waals surface area (Å²) in [6.07, 6.45) is 15.9. The van der Waals surface area contributed by atoms with Gasteiger partial charge in [-0.05, 0) is 34.4 Å². The largest absolute Gasteiger partial charge is 0.359 e. The Hall–Kier alpha value is -3.72. The molecule has 2 nitrogen and oxygen atoms in total. The van der Waals surface area contributed by atoms with E-state index in [9.17, 15) is 5.11 Å². The number of ether oxygens (including phenoxy) is 1. The number of hydrogen-bond donors (Lipinski definition) is 1. The van der Waals surface area contributed by atoms with Crippen molar-refractivity contribution in [1.29, 1.82) is 0 Å². The fourth-order valence-corrected chi connectivity index (χ4v) is 4.01. The molecule has 2 heteroatoms. The van der Waals surface area contributed by atoms with Crippen LogP contribution in [0.25, 0.3) is 18.2 Å². The van der Waals surface area contributed by atoms with Crippen molar-refractivity contribution in [3.63, 3.8) is 0 Å². The van der Waals surface area contributed by atoms with Gasteiger partial charge in [-0.2, -0.15) is 0 Å². The van der Waals surface area contributed by atoms with Gasteiger partial charge in [-0.15, -0.1) is 0 Å². The number of allylic oxidation sites excluding steroid dienone is 3. The average Bonchev–Trinajstić information content (AvgIpc) is 3.48. The van der Waals surface area contributed by atoms with E-state index < -0.39 is 11.4 Å². The zero-order chi connectivity index (χ0) is 21.9. The summed E-state index contributed by atoms with van der Waals surface area (Å²) in [6.45, 7) is 0. The van der Waals surface area contributed by atoms with E-state index in [-0.39, 0.29) is 0 Å². The molecule has 1 aliphatic heterocycles. The Kier molecular flexibility index (Phi) is 5.32. The Balaban J connectivity index is 1.57. The molecule has 1 aliphatic carbocycles. The van der Waals surface area contributed by atoms with Crippen molar-refractivity contribution in [2.45, 2.75) is 11.4 Å². The van der Waals surface area contributed by atoms with Crippen molar-refractivity contribution < 1.29 is 9.84 Å². The van der Waals surface area contributed by atoms with Gasteiger partial charge in [0.1, 0.15) is 0 Å². The third-order valence-electron chi connectivity index (χ3n) is 5.81. The lowest BCUT2D eigenvalue weighted by Gasteiger charge is -2.19. The van der Waals surface area contributed by atoms with Gasteiger partial charge in [0, 0.05) is 5.57 Å². The maximum absolute atomic E-state index is 11.1. The monoisotopic (exact) mass is 416 g/mol. The minimum absolute atomic E-state index is 0.917. The molecule has 0 bridgehead atoms. The van der Waals surface area contributed by atoms with Crippen LogP contribution in [0.15, 0.2) is 133 Å². The summed E-state index contributed by atoms with van der Waals surface area (Å²) in [5.41, 5.74) is 4.27. The average molecular weight is 417 g/mol. The lowest BCUT2D eigenvalue weighted by Crippen LogP contribution is -2.27. The highest BCUT2D eigenvalue weighted by molar-refractivity contribution is 5.69. The van der Waals surface area contributed by atoms with Crippen LogP contribution in [-0.4, -0.2) is 16.5 Å². The minimum atomic E-state index is -1.33. The van der Waals surface area contributed by atoms with Crippen molar-refractivity contribution >= 4 is 18.2 Å². The van der Waals surface area contributed by atoms with Crippen molar-refractivity contribution in [2.24, 2.45) is 0 Å². The van der Waals surface area contributed by atoms with Crippen LogP contribution >= 0.6 is 0 Å². The van der Waals surface area contributed by atoms with E-state index in [4.69, 9.17) is 4.74 Å². The van der Waals surface area contributed by atoms with E-state index in [2.05, 4.69) is 48.6 Å². The second kappa shape index (κ2) is 8.43. The van der Waals surface area contributed by atoms with E-state index in [1.54, 1.807) is 6.08 Å². The van der Waals surface area contributed by atoms with Crippen LogP contribution < -0.4 is 0 Å². The van der Waals surface area contributed by atoms with E-state index in [0.29, 0.717) is 0 Å². The zero-order valence-corrected chi connectivity index (χ0v) is 17.6. The third-order valence-corrected chi connectivity index (χ3v) is 5.81. The molecule has 1 heterocycles. The molecular formula is C30H24O2. The molecule has 0 spiro atoms. The van der Waals surface area contributed by atoms with Gasteiger partial charge in [0.05, 0.1) is 0 Å². The molecule has 3 aromatic carbocycles. The summed E-state index contributed by atoms with van der Waals surface area (Å²) in [5, 5.41) is 11.1. The SMILES string of the molecule is OC12C=CC(C=Cc3ccccc3)=C(C=Cc3ccccc3)C1(C=Cc1ccccc1)O2. The first-order valence-electron chi connectivity index (χ1n) is 10.8. The second-order valence-corrected chi connectivity index (χ2v) is 7.97. The molecule has 3 aromatic rings. The highest BCUT2D eigenvalue weighted by atomic mass is 16.7. The van der Waals surface area contributed by atoms with Crippen LogP contribution in [0.1, 0.15) is 16.7 Å². The van der Waals surface area contributed by atoms with Gasteiger partial charge in [0.15, 0.2) is 5.60 Å². The minimum Gasteiger partial charge on any atom is -0.359 e. The molecule has 1 saturated heterocycles. The first-order valence-corrected chi connectivity index (χ1v) is 10.8. The van der Waals surface area contributed by atoms with Crippen molar-refractivity contribution in [1.82, 2.24) is 0 Å². The first-order chi connectivity index (χ1) is 15.7. The van der Waals surface area contributed by atoms with E-state index in [1.165, 1.54) is 0 Å². The summed E-state index contributed by atoms with van der Waals surface area (Å²) in [4.78, 5) is 0. The van der Waals surface area contributed by atoms with Crippen molar-refractivity contribution in [2.75, 3.05) is 0 Å². The molecule has 0 radical (unpaired) electrons. The maximum atomic E-state index is 11.1. The molecule has 2 aliphatic rings. The summed E-state index contributed by atoms with van der Waals surface area (Å²) in [5.74, 6) is -1.33. The molecule has 156 valence electrons. The molecule has 5 rings (SSSR count). The smallest absolute Gasteiger partial charge is 0.225 e. The van der Waals surface area contributed by atoms with Crippen LogP contribution in [0.3, 0.4) is 0 Å². The van der Waals surface area contributed by atoms with Crippen molar-refractivity contribution in [3.8, 4) is 0 Å². The number of fused-ring (bicyclic) bond motifs is 1. The predicted molar refractivity (Wildman–Crippen MR) is 131 cm³/mol. The normalized spacial score (nSPS) is 24.5. The Labute approximate surface area is 188 Å². The van der Waals surface area contributed by atoms with Crippen molar-refractivity contribution in [3.05, 3.63) is 149 Å². The Morgan fingerprint density at radius 1 is 0.594 bits per heavy atom. The zero-order valence-electron chi connectivity index (χ0n) is 17.6. The summed E-state index contributed by atoms with van der Waals surface area (Å²) < 4.78 is 6.00. The van der Waals surface area contributed by atoms with Gasteiger partial charge >= 0.3 is 0 Å².